The lowest BCUT2D eigenvalue weighted by Crippen LogP contribution is -2.44. The summed E-state index contributed by atoms with van der Waals surface area (Å²) in [5.41, 5.74) is 5.77. The van der Waals surface area contributed by atoms with Gasteiger partial charge in [-0.2, -0.15) is 5.26 Å². The third kappa shape index (κ3) is 1.69. The summed E-state index contributed by atoms with van der Waals surface area (Å²) in [5.74, 6) is 0.374. The highest BCUT2D eigenvalue weighted by atomic mass is 14.9. The molecular formula is C7H13N3. The van der Waals surface area contributed by atoms with Gasteiger partial charge < -0.3 is 11.1 Å². The minimum Gasteiger partial charge on any atom is -0.327 e. The van der Waals surface area contributed by atoms with Crippen molar-refractivity contribution in [3.05, 3.63) is 0 Å². The predicted octanol–water partition coefficient (Wildman–Crippen LogP) is -0.163. The molecule has 1 rings (SSSR count). The van der Waals surface area contributed by atoms with Crippen molar-refractivity contribution in [2.24, 2.45) is 11.7 Å². The standard InChI is InChI=1S/C7H13N3/c8-3-1-6-5-10-4-2-7(6)9/h6-7,10H,1-2,4-5,9H2/t6-,7-/m0/s1. The van der Waals surface area contributed by atoms with Crippen LogP contribution in [-0.4, -0.2) is 19.1 Å². The molecule has 0 aromatic carbocycles. The number of rotatable bonds is 1. The first-order chi connectivity index (χ1) is 4.84. The van der Waals surface area contributed by atoms with E-state index < -0.39 is 0 Å². The maximum atomic E-state index is 8.40. The Bertz CT molecular complexity index is 138. The van der Waals surface area contributed by atoms with Crippen LogP contribution in [0.3, 0.4) is 0 Å². The zero-order valence-corrected chi connectivity index (χ0v) is 6.01. The zero-order chi connectivity index (χ0) is 7.40. The Labute approximate surface area is 61.2 Å². The molecule has 0 unspecified atom stereocenters. The maximum absolute atomic E-state index is 8.40. The van der Waals surface area contributed by atoms with Crippen LogP contribution in [0.15, 0.2) is 0 Å². The van der Waals surface area contributed by atoms with Crippen LogP contribution in [0.25, 0.3) is 0 Å². The second-order valence-corrected chi connectivity index (χ2v) is 2.78. The molecule has 0 bridgehead atoms. The Kier molecular flexibility index (Phi) is 2.67. The number of hydrogen-bond acceptors (Lipinski definition) is 3. The predicted molar refractivity (Wildman–Crippen MR) is 39.2 cm³/mol. The van der Waals surface area contributed by atoms with Crippen LogP contribution in [-0.2, 0) is 0 Å². The molecule has 0 aliphatic carbocycles. The topological polar surface area (TPSA) is 61.8 Å². The molecule has 0 saturated carbocycles. The van der Waals surface area contributed by atoms with Gasteiger partial charge in [-0.05, 0) is 18.9 Å². The van der Waals surface area contributed by atoms with Crippen LogP contribution in [0, 0.1) is 17.2 Å². The molecule has 10 heavy (non-hydrogen) atoms. The highest BCUT2D eigenvalue weighted by Crippen LogP contribution is 2.11. The van der Waals surface area contributed by atoms with Gasteiger partial charge in [0, 0.05) is 19.0 Å². The van der Waals surface area contributed by atoms with E-state index in [0.717, 1.165) is 19.5 Å². The summed E-state index contributed by atoms with van der Waals surface area (Å²) in [7, 11) is 0. The molecule has 0 radical (unpaired) electrons. The minimum absolute atomic E-state index is 0.237. The number of nitriles is 1. The second-order valence-electron chi connectivity index (χ2n) is 2.78. The average molecular weight is 139 g/mol. The highest BCUT2D eigenvalue weighted by molar-refractivity contribution is 4.87. The number of hydrogen-bond donors (Lipinski definition) is 2. The van der Waals surface area contributed by atoms with E-state index in [9.17, 15) is 0 Å². The van der Waals surface area contributed by atoms with Crippen LogP contribution in [0.2, 0.25) is 0 Å². The number of nitrogens with zero attached hydrogens (tertiary/aromatic N) is 1. The maximum Gasteiger partial charge on any atom is 0.0625 e. The van der Waals surface area contributed by atoms with Gasteiger partial charge in [-0.15, -0.1) is 0 Å². The van der Waals surface area contributed by atoms with Crippen molar-refractivity contribution in [1.29, 1.82) is 5.26 Å². The van der Waals surface area contributed by atoms with Crippen molar-refractivity contribution in [2.45, 2.75) is 18.9 Å². The molecule has 0 spiro atoms. The van der Waals surface area contributed by atoms with E-state index in [-0.39, 0.29) is 6.04 Å². The second kappa shape index (κ2) is 3.55. The summed E-state index contributed by atoms with van der Waals surface area (Å²) in [4.78, 5) is 0. The summed E-state index contributed by atoms with van der Waals surface area (Å²) >= 11 is 0. The van der Waals surface area contributed by atoms with Gasteiger partial charge >= 0.3 is 0 Å². The van der Waals surface area contributed by atoms with Crippen molar-refractivity contribution >= 4 is 0 Å². The molecule has 0 amide bonds. The van der Waals surface area contributed by atoms with Gasteiger partial charge in [0.2, 0.25) is 0 Å². The lowest BCUT2D eigenvalue weighted by molar-refractivity contribution is 0.331. The number of piperidine rings is 1. The molecule has 0 aromatic rings. The Hall–Kier alpha value is -0.590. The van der Waals surface area contributed by atoms with Gasteiger partial charge in [0.15, 0.2) is 0 Å². The Balaban J connectivity index is 2.34. The molecule has 3 heteroatoms. The molecular weight excluding hydrogens is 126 g/mol. The summed E-state index contributed by atoms with van der Waals surface area (Å²) in [5, 5.41) is 11.6. The minimum atomic E-state index is 0.237. The number of nitrogens with two attached hydrogens (primary N) is 1. The van der Waals surface area contributed by atoms with Crippen molar-refractivity contribution in [3.8, 4) is 6.07 Å². The van der Waals surface area contributed by atoms with Crippen LogP contribution in [0.1, 0.15) is 12.8 Å². The van der Waals surface area contributed by atoms with Gasteiger partial charge in [0.1, 0.15) is 0 Å². The van der Waals surface area contributed by atoms with Crippen molar-refractivity contribution < 1.29 is 0 Å². The van der Waals surface area contributed by atoms with E-state index in [1.165, 1.54) is 0 Å². The molecule has 56 valence electrons. The first-order valence-corrected chi connectivity index (χ1v) is 3.68. The molecule has 3 N–H and O–H groups in total. The van der Waals surface area contributed by atoms with E-state index in [1.54, 1.807) is 0 Å². The third-order valence-corrected chi connectivity index (χ3v) is 2.02. The molecule has 1 heterocycles. The van der Waals surface area contributed by atoms with Crippen LogP contribution in [0.4, 0.5) is 0 Å². The molecule has 2 atom stereocenters. The molecule has 1 saturated heterocycles. The van der Waals surface area contributed by atoms with E-state index >= 15 is 0 Å². The average Bonchev–Trinajstić information content (AvgIpc) is 1.94. The zero-order valence-electron chi connectivity index (χ0n) is 6.01. The first-order valence-electron chi connectivity index (χ1n) is 3.68. The van der Waals surface area contributed by atoms with Gasteiger partial charge in [-0.1, -0.05) is 0 Å². The Morgan fingerprint density at radius 2 is 2.50 bits per heavy atom. The largest absolute Gasteiger partial charge is 0.327 e. The van der Waals surface area contributed by atoms with Crippen molar-refractivity contribution in [2.75, 3.05) is 13.1 Å². The lowest BCUT2D eigenvalue weighted by atomic mass is 9.92. The smallest absolute Gasteiger partial charge is 0.0625 e. The fourth-order valence-corrected chi connectivity index (χ4v) is 1.28. The summed E-state index contributed by atoms with van der Waals surface area (Å²) < 4.78 is 0. The first kappa shape index (κ1) is 7.52. The molecule has 1 aliphatic heterocycles. The monoisotopic (exact) mass is 139 g/mol. The molecule has 1 fully saturated rings. The molecule has 1 aliphatic rings. The van der Waals surface area contributed by atoms with Crippen LogP contribution in [0.5, 0.6) is 0 Å². The van der Waals surface area contributed by atoms with Crippen molar-refractivity contribution in [3.63, 3.8) is 0 Å². The summed E-state index contributed by atoms with van der Waals surface area (Å²) in [6, 6.07) is 2.38. The highest BCUT2D eigenvalue weighted by Gasteiger charge is 2.20. The van der Waals surface area contributed by atoms with E-state index in [4.69, 9.17) is 11.0 Å². The van der Waals surface area contributed by atoms with E-state index in [2.05, 4.69) is 11.4 Å². The fraction of sp³-hybridized carbons (Fsp3) is 0.857. The van der Waals surface area contributed by atoms with Crippen LogP contribution < -0.4 is 11.1 Å². The quantitative estimate of drug-likeness (QED) is 0.530. The Morgan fingerprint density at radius 3 is 3.10 bits per heavy atom. The fourth-order valence-electron chi connectivity index (χ4n) is 1.28. The van der Waals surface area contributed by atoms with Crippen LogP contribution >= 0.6 is 0 Å². The normalized spacial score (nSPS) is 33.2. The summed E-state index contributed by atoms with van der Waals surface area (Å²) in [6.07, 6.45) is 1.60. The van der Waals surface area contributed by atoms with E-state index in [0.29, 0.717) is 12.3 Å². The van der Waals surface area contributed by atoms with E-state index in [1.807, 2.05) is 0 Å². The lowest BCUT2D eigenvalue weighted by Gasteiger charge is -2.27. The molecule has 3 nitrogen and oxygen atoms in total. The SMILES string of the molecule is N#CC[C@H]1CNCC[C@@H]1N. The van der Waals surface area contributed by atoms with Crippen molar-refractivity contribution in [1.82, 2.24) is 5.32 Å². The number of nitrogens with one attached hydrogen (secondary N) is 1. The van der Waals surface area contributed by atoms with Gasteiger partial charge in [0.25, 0.3) is 0 Å². The summed E-state index contributed by atoms with van der Waals surface area (Å²) in [6.45, 7) is 1.91. The third-order valence-electron chi connectivity index (χ3n) is 2.02. The molecule has 0 aromatic heterocycles. The van der Waals surface area contributed by atoms with Gasteiger partial charge in [0.05, 0.1) is 6.07 Å². The van der Waals surface area contributed by atoms with Gasteiger partial charge in [-0.25, -0.2) is 0 Å². The van der Waals surface area contributed by atoms with Gasteiger partial charge in [-0.3, -0.25) is 0 Å². The Morgan fingerprint density at radius 1 is 1.70 bits per heavy atom.